The summed E-state index contributed by atoms with van der Waals surface area (Å²) >= 11 is 0. The second-order valence-corrected chi connectivity index (χ2v) is 9.39. The van der Waals surface area contributed by atoms with Crippen molar-refractivity contribution in [1.29, 1.82) is 0 Å². The molecule has 186 valence electrons. The maximum Gasteiger partial charge on any atom is 0.303 e. The predicted octanol–water partition coefficient (Wildman–Crippen LogP) is 4.87. The minimum atomic E-state index is -1.13. The van der Waals surface area contributed by atoms with Crippen LogP contribution in [0.15, 0.2) is 48.9 Å². The fourth-order valence-electron chi connectivity index (χ4n) is 5.23. The summed E-state index contributed by atoms with van der Waals surface area (Å²) in [5, 5.41) is 18.0. The minimum absolute atomic E-state index is 0.0327. The highest BCUT2D eigenvalue weighted by Crippen LogP contribution is 2.36. The molecule has 1 fully saturated rings. The van der Waals surface area contributed by atoms with Crippen LogP contribution in [0.2, 0.25) is 0 Å². The van der Waals surface area contributed by atoms with Gasteiger partial charge in [-0.25, -0.2) is 4.39 Å². The third kappa shape index (κ3) is 6.72. The number of carboxylic acids is 1. The third-order valence-electron chi connectivity index (χ3n) is 7.11. The second kappa shape index (κ2) is 12.0. The molecule has 3 atom stereocenters. The van der Waals surface area contributed by atoms with Crippen LogP contribution in [0.3, 0.4) is 0 Å². The van der Waals surface area contributed by atoms with Crippen molar-refractivity contribution in [2.75, 3.05) is 26.7 Å². The van der Waals surface area contributed by atoms with E-state index in [4.69, 9.17) is 4.74 Å². The zero-order valence-corrected chi connectivity index (χ0v) is 20.1. The monoisotopic (exact) mass is 480 g/mol. The van der Waals surface area contributed by atoms with E-state index in [0.29, 0.717) is 24.2 Å². The molecule has 1 aliphatic rings. The van der Waals surface area contributed by atoms with Crippen LogP contribution in [0, 0.1) is 11.8 Å². The summed E-state index contributed by atoms with van der Waals surface area (Å²) < 4.78 is 20.8. The number of aromatic nitrogens is 3. The third-order valence-corrected chi connectivity index (χ3v) is 7.11. The summed E-state index contributed by atoms with van der Waals surface area (Å²) in [6, 6.07) is 9.21. The van der Waals surface area contributed by atoms with E-state index in [0.717, 1.165) is 55.4 Å². The number of carbonyl (C=O) groups is 1. The second-order valence-electron chi connectivity index (χ2n) is 9.39. The lowest BCUT2D eigenvalue weighted by Gasteiger charge is -2.38. The molecule has 1 aromatic carbocycles. The first kappa shape index (κ1) is 25.0. The van der Waals surface area contributed by atoms with Gasteiger partial charge in [0.25, 0.3) is 0 Å². The number of piperidine rings is 1. The van der Waals surface area contributed by atoms with E-state index in [1.165, 1.54) is 0 Å². The average Bonchev–Trinajstić information content (AvgIpc) is 2.87. The zero-order valence-electron chi connectivity index (χ0n) is 20.1. The van der Waals surface area contributed by atoms with Gasteiger partial charge in [-0.15, -0.1) is 0 Å². The molecule has 0 saturated carbocycles. The highest BCUT2D eigenvalue weighted by Gasteiger charge is 2.31. The van der Waals surface area contributed by atoms with Crippen LogP contribution in [0.4, 0.5) is 4.39 Å². The van der Waals surface area contributed by atoms with Crippen LogP contribution >= 0.6 is 0 Å². The summed E-state index contributed by atoms with van der Waals surface area (Å²) in [6.45, 7) is 2.58. The van der Waals surface area contributed by atoms with Crippen molar-refractivity contribution in [2.24, 2.45) is 11.8 Å². The summed E-state index contributed by atoms with van der Waals surface area (Å²) in [6.07, 6.45) is 7.97. The van der Waals surface area contributed by atoms with Crippen molar-refractivity contribution in [3.63, 3.8) is 0 Å². The quantitative estimate of drug-likeness (QED) is 0.419. The topological polar surface area (TPSA) is 88.4 Å². The van der Waals surface area contributed by atoms with Crippen LogP contribution in [0.25, 0.3) is 10.9 Å². The Labute approximate surface area is 205 Å². The maximum absolute atomic E-state index is 15.4. The van der Waals surface area contributed by atoms with Gasteiger partial charge in [-0.2, -0.15) is 10.2 Å². The van der Waals surface area contributed by atoms with Gasteiger partial charge in [-0.1, -0.05) is 0 Å². The predicted molar refractivity (Wildman–Crippen MR) is 132 cm³/mol. The summed E-state index contributed by atoms with van der Waals surface area (Å²) in [5.41, 5.74) is 2.52. The summed E-state index contributed by atoms with van der Waals surface area (Å²) in [5.74, 6) is 0.125. The molecule has 1 saturated heterocycles. The van der Waals surface area contributed by atoms with E-state index >= 15 is 4.39 Å². The number of rotatable bonds is 11. The molecule has 0 radical (unpaired) electrons. The Morgan fingerprint density at radius 2 is 2.11 bits per heavy atom. The van der Waals surface area contributed by atoms with E-state index in [1.54, 1.807) is 31.8 Å². The number of hydrogen-bond donors (Lipinski definition) is 1. The first-order valence-electron chi connectivity index (χ1n) is 12.3. The number of benzene rings is 1. The maximum atomic E-state index is 15.4. The van der Waals surface area contributed by atoms with E-state index in [2.05, 4.69) is 20.1 Å². The van der Waals surface area contributed by atoms with Gasteiger partial charge in [-0.05, 0) is 98.5 Å². The van der Waals surface area contributed by atoms with Crippen LogP contribution in [0.1, 0.15) is 49.4 Å². The Hall–Kier alpha value is -3.13. The zero-order chi connectivity index (χ0) is 24.6. The Balaban J connectivity index is 1.35. The van der Waals surface area contributed by atoms with Gasteiger partial charge in [0.15, 0.2) is 0 Å². The minimum Gasteiger partial charge on any atom is -0.497 e. The summed E-state index contributed by atoms with van der Waals surface area (Å²) in [4.78, 5) is 18.3. The molecule has 2 aromatic heterocycles. The van der Waals surface area contributed by atoms with Crippen molar-refractivity contribution < 1.29 is 19.0 Å². The van der Waals surface area contributed by atoms with Gasteiger partial charge in [-0.3, -0.25) is 9.78 Å². The molecule has 7 nitrogen and oxygen atoms in total. The van der Waals surface area contributed by atoms with E-state index in [-0.39, 0.29) is 18.3 Å². The Morgan fingerprint density at radius 1 is 1.23 bits per heavy atom. The average molecular weight is 481 g/mol. The number of nitrogens with zero attached hydrogens (tertiary/aromatic N) is 4. The fraction of sp³-hybridized carbons (Fsp3) is 0.481. The normalized spacial score (nSPS) is 19.5. The molecule has 1 N–H and O–H groups in total. The molecule has 1 aliphatic heterocycles. The Bertz CT molecular complexity index is 1110. The molecule has 0 amide bonds. The highest BCUT2D eigenvalue weighted by molar-refractivity contribution is 5.83. The van der Waals surface area contributed by atoms with Crippen molar-refractivity contribution in [3.8, 4) is 5.75 Å². The number of fused-ring (bicyclic) bond motifs is 1. The molecule has 1 unspecified atom stereocenters. The van der Waals surface area contributed by atoms with E-state index < -0.39 is 12.1 Å². The standard InChI is InChI=1S/C27H33FN4O3/c1-35-22-5-7-26-24(16-22)23(9-11-29-26)25(28)6-4-20-10-14-32(18-21(20)15-27(33)34)13-2-3-19-8-12-30-31-17-19/h5,7-9,11-12,16-17,20-21,25H,2-4,6,10,13-15,18H2,1H3,(H,33,34)/t20-,21+,25?/m1/s1. The molecule has 3 heterocycles. The van der Waals surface area contributed by atoms with Crippen LogP contribution in [-0.4, -0.2) is 57.9 Å². The lowest BCUT2D eigenvalue weighted by molar-refractivity contribution is -0.139. The number of hydrogen-bond acceptors (Lipinski definition) is 6. The largest absolute Gasteiger partial charge is 0.497 e. The fourth-order valence-corrected chi connectivity index (χ4v) is 5.23. The molecule has 35 heavy (non-hydrogen) atoms. The molecule has 0 spiro atoms. The van der Waals surface area contributed by atoms with Crippen LogP contribution < -0.4 is 4.74 Å². The van der Waals surface area contributed by atoms with Gasteiger partial charge in [0, 0.05) is 30.7 Å². The number of aryl methyl sites for hydroxylation is 1. The lowest BCUT2D eigenvalue weighted by atomic mass is 9.79. The van der Waals surface area contributed by atoms with Crippen LogP contribution in [0.5, 0.6) is 5.75 Å². The molecule has 3 aromatic rings. The molecule has 8 heteroatoms. The van der Waals surface area contributed by atoms with Gasteiger partial charge in [0.1, 0.15) is 11.9 Å². The Morgan fingerprint density at radius 3 is 2.89 bits per heavy atom. The van der Waals surface area contributed by atoms with Crippen molar-refractivity contribution in [2.45, 2.75) is 44.7 Å². The molecular weight excluding hydrogens is 447 g/mol. The van der Waals surface area contributed by atoms with Crippen LogP contribution in [-0.2, 0) is 11.2 Å². The van der Waals surface area contributed by atoms with Gasteiger partial charge >= 0.3 is 5.97 Å². The molecular formula is C27H33FN4O3. The van der Waals surface area contributed by atoms with E-state index in [9.17, 15) is 9.90 Å². The number of aliphatic carboxylic acids is 1. The number of likely N-dealkylation sites (tertiary alicyclic amines) is 1. The molecule has 0 bridgehead atoms. The van der Waals surface area contributed by atoms with Crippen molar-refractivity contribution in [3.05, 3.63) is 60.0 Å². The molecule has 0 aliphatic carbocycles. The first-order chi connectivity index (χ1) is 17.0. The smallest absolute Gasteiger partial charge is 0.303 e. The number of carboxylic acid groups (broad SMARTS) is 1. The number of halogens is 1. The summed E-state index contributed by atoms with van der Waals surface area (Å²) in [7, 11) is 1.59. The van der Waals surface area contributed by atoms with Crippen molar-refractivity contribution >= 4 is 16.9 Å². The van der Waals surface area contributed by atoms with Gasteiger partial charge in [0.2, 0.25) is 0 Å². The SMILES string of the molecule is COc1ccc2nccc(C(F)CC[C@@H]3CCN(CCCc4ccnnc4)C[C@@H]3CC(=O)O)c2c1. The number of alkyl halides is 1. The number of methoxy groups -OCH3 is 1. The molecule has 4 rings (SSSR count). The van der Waals surface area contributed by atoms with Gasteiger partial charge < -0.3 is 14.7 Å². The number of ether oxygens (including phenoxy) is 1. The lowest BCUT2D eigenvalue weighted by Crippen LogP contribution is -2.42. The number of pyridine rings is 1. The van der Waals surface area contributed by atoms with Gasteiger partial charge in [0.05, 0.1) is 18.8 Å². The van der Waals surface area contributed by atoms with E-state index in [1.807, 2.05) is 24.3 Å². The first-order valence-corrected chi connectivity index (χ1v) is 12.3. The highest BCUT2D eigenvalue weighted by atomic mass is 19.1. The van der Waals surface area contributed by atoms with Crippen molar-refractivity contribution in [1.82, 2.24) is 20.1 Å². The Kier molecular flexibility index (Phi) is 8.58.